The maximum atomic E-state index is 13.1. The van der Waals surface area contributed by atoms with Gasteiger partial charge in [-0.3, -0.25) is 9.69 Å². The number of rotatable bonds is 5. The summed E-state index contributed by atoms with van der Waals surface area (Å²) in [6.45, 7) is 11.5. The van der Waals surface area contributed by atoms with E-state index < -0.39 is 0 Å². The first-order chi connectivity index (χ1) is 13.9. The van der Waals surface area contributed by atoms with Crippen LogP contribution in [0.4, 0.5) is 0 Å². The molecule has 4 nitrogen and oxygen atoms in total. The molecule has 1 saturated heterocycles. The highest BCUT2D eigenvalue weighted by atomic mass is 16.5. The lowest BCUT2D eigenvalue weighted by molar-refractivity contribution is -0.139. The summed E-state index contributed by atoms with van der Waals surface area (Å²) < 4.78 is 12.3. The zero-order valence-corrected chi connectivity index (χ0v) is 18.6. The third-order valence-electron chi connectivity index (χ3n) is 8.46. The van der Waals surface area contributed by atoms with Gasteiger partial charge in [-0.1, -0.05) is 34.1 Å². The average molecular weight is 398 g/mol. The molecule has 2 aliphatic heterocycles. The quantitative estimate of drug-likeness (QED) is 0.735. The molecule has 29 heavy (non-hydrogen) atoms. The molecule has 0 N–H and O–H groups in total. The van der Waals surface area contributed by atoms with Crippen LogP contribution in [-0.2, 0) is 16.6 Å². The molecule has 2 fully saturated rings. The van der Waals surface area contributed by atoms with Crippen molar-refractivity contribution < 1.29 is 14.3 Å². The number of carbonyl (C=O) groups excluding carboxylic acids is 1. The highest BCUT2D eigenvalue weighted by Crippen LogP contribution is 2.64. The van der Waals surface area contributed by atoms with Gasteiger partial charge in [0.2, 0.25) is 0 Å². The molecule has 0 radical (unpaired) electrons. The molecule has 0 aromatic heterocycles. The summed E-state index contributed by atoms with van der Waals surface area (Å²) in [7, 11) is 1.73. The van der Waals surface area contributed by atoms with E-state index in [0.29, 0.717) is 36.0 Å². The van der Waals surface area contributed by atoms with Gasteiger partial charge in [-0.25, -0.2) is 0 Å². The SMILES string of the molecule is CCC(C)CN1CC[C@@]23c4c5c(C(C)C)cc(OC)c4OC2C(=O)CCC3C1C5. The van der Waals surface area contributed by atoms with E-state index in [2.05, 4.69) is 38.7 Å². The lowest BCUT2D eigenvalue weighted by Gasteiger charge is -2.58. The van der Waals surface area contributed by atoms with Crippen LogP contribution in [0.5, 0.6) is 11.5 Å². The number of piperidine rings is 1. The molecule has 4 unspecified atom stereocenters. The molecule has 0 amide bonds. The molecule has 1 spiro atoms. The molecule has 1 aromatic carbocycles. The average Bonchev–Trinajstić information content (AvgIpc) is 3.05. The lowest BCUT2D eigenvalue weighted by atomic mass is 9.51. The Morgan fingerprint density at radius 3 is 2.83 bits per heavy atom. The van der Waals surface area contributed by atoms with Crippen LogP contribution in [0, 0.1) is 11.8 Å². The Labute approximate surface area is 174 Å². The minimum absolute atomic E-state index is 0.132. The fourth-order valence-electron chi connectivity index (χ4n) is 6.93. The van der Waals surface area contributed by atoms with Gasteiger partial charge in [0, 0.05) is 30.0 Å². The van der Waals surface area contributed by atoms with Gasteiger partial charge in [-0.05, 0) is 60.8 Å². The van der Waals surface area contributed by atoms with Crippen LogP contribution in [0.1, 0.15) is 76.0 Å². The van der Waals surface area contributed by atoms with Crippen molar-refractivity contribution in [3.63, 3.8) is 0 Å². The van der Waals surface area contributed by atoms with Crippen LogP contribution < -0.4 is 9.47 Å². The number of hydrogen-bond donors (Lipinski definition) is 0. The van der Waals surface area contributed by atoms with Crippen molar-refractivity contribution in [2.24, 2.45) is 11.8 Å². The van der Waals surface area contributed by atoms with E-state index in [4.69, 9.17) is 9.47 Å². The summed E-state index contributed by atoms with van der Waals surface area (Å²) in [5.74, 6) is 3.66. The van der Waals surface area contributed by atoms with E-state index >= 15 is 0 Å². The fraction of sp³-hybridized carbons (Fsp3) is 0.720. The third-order valence-corrected chi connectivity index (χ3v) is 8.46. The van der Waals surface area contributed by atoms with Gasteiger partial charge < -0.3 is 9.47 Å². The number of Topliss-reactive ketones (excluding diaryl/α,β-unsaturated/α-hetero) is 1. The zero-order valence-electron chi connectivity index (χ0n) is 18.6. The lowest BCUT2D eigenvalue weighted by Crippen LogP contribution is -2.66. The Morgan fingerprint density at radius 2 is 2.14 bits per heavy atom. The van der Waals surface area contributed by atoms with Crippen LogP contribution in [0.2, 0.25) is 0 Å². The molecule has 1 aromatic rings. The number of likely N-dealkylation sites (tertiary alicyclic amines) is 1. The molecule has 4 heteroatoms. The summed E-state index contributed by atoms with van der Waals surface area (Å²) in [5.41, 5.74) is 4.06. The molecule has 2 bridgehead atoms. The van der Waals surface area contributed by atoms with Crippen molar-refractivity contribution in [1.82, 2.24) is 4.90 Å². The smallest absolute Gasteiger partial charge is 0.174 e. The predicted molar refractivity (Wildman–Crippen MR) is 114 cm³/mol. The van der Waals surface area contributed by atoms with Crippen molar-refractivity contribution in [2.45, 2.75) is 83.3 Å². The van der Waals surface area contributed by atoms with Gasteiger partial charge in [0.05, 0.1) is 7.11 Å². The highest BCUT2D eigenvalue weighted by molar-refractivity contribution is 5.89. The summed E-state index contributed by atoms with van der Waals surface area (Å²) >= 11 is 0. The fourth-order valence-corrected chi connectivity index (χ4v) is 6.93. The number of ketones is 1. The Hall–Kier alpha value is -1.55. The van der Waals surface area contributed by atoms with Gasteiger partial charge in [-0.2, -0.15) is 0 Å². The zero-order chi connectivity index (χ0) is 20.5. The van der Waals surface area contributed by atoms with Crippen molar-refractivity contribution >= 4 is 5.78 Å². The molecule has 1 saturated carbocycles. The molecular formula is C25H35NO3. The maximum absolute atomic E-state index is 13.1. The molecule has 5 rings (SSSR count). The summed E-state index contributed by atoms with van der Waals surface area (Å²) in [6, 6.07) is 2.72. The first-order valence-corrected chi connectivity index (χ1v) is 11.6. The van der Waals surface area contributed by atoms with Crippen LogP contribution in [0.25, 0.3) is 0 Å². The van der Waals surface area contributed by atoms with Gasteiger partial charge in [-0.15, -0.1) is 0 Å². The summed E-state index contributed by atoms with van der Waals surface area (Å²) in [5, 5.41) is 0. The molecule has 2 heterocycles. The molecule has 2 aliphatic carbocycles. The molecule has 4 aliphatic rings. The second-order valence-electron chi connectivity index (χ2n) is 10.2. The second kappa shape index (κ2) is 6.73. The number of carbonyl (C=O) groups is 1. The largest absolute Gasteiger partial charge is 0.493 e. The Bertz CT molecular complexity index is 847. The number of nitrogens with zero attached hydrogens (tertiary/aromatic N) is 1. The van der Waals surface area contributed by atoms with E-state index in [1.807, 2.05) is 0 Å². The molecule has 158 valence electrons. The first kappa shape index (κ1) is 19.4. The third kappa shape index (κ3) is 2.50. The monoisotopic (exact) mass is 397 g/mol. The van der Waals surface area contributed by atoms with Gasteiger partial charge >= 0.3 is 0 Å². The number of benzene rings is 1. The Morgan fingerprint density at radius 1 is 1.34 bits per heavy atom. The second-order valence-corrected chi connectivity index (χ2v) is 10.2. The first-order valence-electron chi connectivity index (χ1n) is 11.6. The van der Waals surface area contributed by atoms with Crippen molar-refractivity contribution in [3.05, 3.63) is 22.8 Å². The van der Waals surface area contributed by atoms with E-state index in [1.54, 1.807) is 7.11 Å². The van der Waals surface area contributed by atoms with Crippen LogP contribution >= 0.6 is 0 Å². The number of hydrogen-bond acceptors (Lipinski definition) is 4. The summed E-state index contributed by atoms with van der Waals surface area (Å²) in [4.78, 5) is 15.8. The summed E-state index contributed by atoms with van der Waals surface area (Å²) in [6.07, 6.45) is 4.71. The van der Waals surface area contributed by atoms with Crippen molar-refractivity contribution in [2.75, 3.05) is 20.2 Å². The normalized spacial score (nSPS) is 33.4. The van der Waals surface area contributed by atoms with Gasteiger partial charge in [0.25, 0.3) is 0 Å². The number of ether oxygens (including phenoxy) is 2. The van der Waals surface area contributed by atoms with Crippen LogP contribution in [0.15, 0.2) is 6.07 Å². The predicted octanol–water partition coefficient (Wildman–Crippen LogP) is 4.47. The van der Waals surface area contributed by atoms with Crippen LogP contribution in [0.3, 0.4) is 0 Å². The minimum atomic E-state index is -0.306. The van der Waals surface area contributed by atoms with E-state index in [1.165, 1.54) is 29.7 Å². The van der Waals surface area contributed by atoms with E-state index in [-0.39, 0.29) is 11.5 Å². The van der Waals surface area contributed by atoms with Crippen molar-refractivity contribution in [3.8, 4) is 11.5 Å². The van der Waals surface area contributed by atoms with Crippen LogP contribution in [-0.4, -0.2) is 43.0 Å². The van der Waals surface area contributed by atoms with Gasteiger partial charge in [0.1, 0.15) is 0 Å². The van der Waals surface area contributed by atoms with Gasteiger partial charge in [0.15, 0.2) is 23.4 Å². The standard InChI is InChI=1S/C25H35NO3/c1-6-15(4)13-26-10-9-25-18-7-8-20(27)24(25)29-23-21(28-5)12-16(14(2)3)17(22(23)25)11-19(18)26/h12,14-15,18-19,24H,6-11,13H2,1-5H3/t15?,18?,19?,24?,25-/m1/s1. The van der Waals surface area contributed by atoms with E-state index in [0.717, 1.165) is 37.3 Å². The molecular weight excluding hydrogens is 362 g/mol. The topological polar surface area (TPSA) is 38.8 Å². The Balaban J connectivity index is 1.71. The number of methoxy groups -OCH3 is 1. The highest BCUT2D eigenvalue weighted by Gasteiger charge is 2.66. The molecule has 5 atom stereocenters. The maximum Gasteiger partial charge on any atom is 0.174 e. The Kier molecular flexibility index (Phi) is 4.51. The minimum Gasteiger partial charge on any atom is -0.493 e. The van der Waals surface area contributed by atoms with E-state index in [9.17, 15) is 4.79 Å². The van der Waals surface area contributed by atoms with Crippen molar-refractivity contribution in [1.29, 1.82) is 0 Å².